The van der Waals surface area contributed by atoms with Crippen molar-refractivity contribution in [1.82, 2.24) is 5.32 Å². The lowest BCUT2D eigenvalue weighted by Gasteiger charge is -2.34. The summed E-state index contributed by atoms with van der Waals surface area (Å²) in [6, 6.07) is 5.36. The molecule has 0 spiro atoms. The molecule has 1 N–H and O–H groups in total. The molecule has 0 saturated heterocycles. The highest BCUT2D eigenvalue weighted by atomic mass is 19.1. The van der Waals surface area contributed by atoms with Gasteiger partial charge in [0.1, 0.15) is 5.82 Å². The van der Waals surface area contributed by atoms with Crippen LogP contribution in [0.3, 0.4) is 0 Å². The Kier molecular flexibility index (Phi) is 4.09. The second-order valence-electron chi connectivity index (χ2n) is 5.09. The van der Waals surface area contributed by atoms with Crippen molar-refractivity contribution in [1.29, 1.82) is 0 Å². The van der Waals surface area contributed by atoms with Crippen molar-refractivity contribution in [2.75, 3.05) is 7.05 Å². The minimum absolute atomic E-state index is 0.0450. The van der Waals surface area contributed by atoms with Crippen LogP contribution in [0, 0.1) is 18.2 Å². The number of rotatable bonds is 4. The highest BCUT2D eigenvalue weighted by Gasteiger charge is 2.29. The molecule has 0 amide bonds. The predicted molar refractivity (Wildman–Crippen MR) is 67.0 cm³/mol. The maximum absolute atomic E-state index is 13.8. The zero-order valence-electron chi connectivity index (χ0n) is 10.9. The molecule has 90 valence electrons. The third kappa shape index (κ3) is 2.62. The average Bonchev–Trinajstić information content (AvgIpc) is 2.24. The third-order valence-corrected chi connectivity index (χ3v) is 3.44. The van der Waals surface area contributed by atoms with Crippen LogP contribution in [0.2, 0.25) is 0 Å². The van der Waals surface area contributed by atoms with Gasteiger partial charge in [0.2, 0.25) is 0 Å². The Balaban J connectivity index is 3.18. The largest absolute Gasteiger partial charge is 0.312 e. The molecule has 0 radical (unpaired) electrons. The standard InChI is InChI=1S/C14H22FN/c1-6-14(3,4)13(16-5)11-9-10(2)7-8-12(11)15/h7-9,13,16H,6H2,1-5H3. The predicted octanol–water partition coefficient (Wildman–Crippen LogP) is 3.83. The summed E-state index contributed by atoms with van der Waals surface area (Å²) in [6.45, 7) is 8.46. The van der Waals surface area contributed by atoms with Crippen molar-refractivity contribution in [3.05, 3.63) is 35.1 Å². The maximum Gasteiger partial charge on any atom is 0.128 e. The Bertz CT molecular complexity index is 358. The van der Waals surface area contributed by atoms with E-state index in [2.05, 4.69) is 26.1 Å². The molecule has 1 rings (SSSR count). The molecule has 0 bridgehead atoms. The van der Waals surface area contributed by atoms with Crippen LogP contribution in [-0.2, 0) is 0 Å². The lowest BCUT2D eigenvalue weighted by molar-refractivity contribution is 0.240. The van der Waals surface area contributed by atoms with Crippen LogP contribution >= 0.6 is 0 Å². The molecule has 16 heavy (non-hydrogen) atoms. The molecule has 1 aromatic carbocycles. The van der Waals surface area contributed by atoms with Gasteiger partial charge in [-0.05, 0) is 31.9 Å². The van der Waals surface area contributed by atoms with Gasteiger partial charge in [0.05, 0.1) is 0 Å². The molecular weight excluding hydrogens is 201 g/mol. The Hall–Kier alpha value is -0.890. The molecule has 2 heteroatoms. The number of hydrogen-bond donors (Lipinski definition) is 1. The van der Waals surface area contributed by atoms with Gasteiger partial charge < -0.3 is 5.32 Å². The topological polar surface area (TPSA) is 12.0 Å². The van der Waals surface area contributed by atoms with Gasteiger partial charge in [-0.1, -0.05) is 38.5 Å². The third-order valence-electron chi connectivity index (χ3n) is 3.44. The minimum Gasteiger partial charge on any atom is -0.312 e. The zero-order valence-corrected chi connectivity index (χ0v) is 10.9. The summed E-state index contributed by atoms with van der Waals surface area (Å²) in [4.78, 5) is 0. The lowest BCUT2D eigenvalue weighted by atomic mass is 9.78. The van der Waals surface area contributed by atoms with E-state index in [1.54, 1.807) is 6.07 Å². The Morgan fingerprint density at radius 3 is 2.50 bits per heavy atom. The monoisotopic (exact) mass is 223 g/mol. The highest BCUT2D eigenvalue weighted by molar-refractivity contribution is 5.28. The van der Waals surface area contributed by atoms with E-state index in [0.29, 0.717) is 0 Å². The van der Waals surface area contributed by atoms with E-state index >= 15 is 0 Å². The number of nitrogens with one attached hydrogen (secondary N) is 1. The van der Waals surface area contributed by atoms with Crippen LogP contribution in [-0.4, -0.2) is 7.05 Å². The SMILES string of the molecule is CCC(C)(C)C(NC)c1cc(C)ccc1F. The number of benzene rings is 1. The van der Waals surface area contributed by atoms with Crippen LogP contribution in [0.4, 0.5) is 4.39 Å². The molecule has 1 atom stereocenters. The molecule has 0 aromatic heterocycles. The first kappa shape index (κ1) is 13.2. The summed E-state index contributed by atoms with van der Waals surface area (Å²) in [7, 11) is 1.89. The van der Waals surface area contributed by atoms with E-state index in [-0.39, 0.29) is 17.3 Å². The van der Waals surface area contributed by atoms with Crippen LogP contribution in [0.5, 0.6) is 0 Å². The summed E-state index contributed by atoms with van der Waals surface area (Å²) in [5.74, 6) is -0.119. The maximum atomic E-state index is 13.8. The van der Waals surface area contributed by atoms with E-state index in [1.165, 1.54) is 0 Å². The molecule has 1 unspecified atom stereocenters. The molecule has 0 aliphatic rings. The summed E-state index contributed by atoms with van der Waals surface area (Å²) in [5, 5.41) is 3.24. The van der Waals surface area contributed by atoms with Gasteiger partial charge in [0.15, 0.2) is 0 Å². The lowest BCUT2D eigenvalue weighted by Crippen LogP contribution is -2.32. The van der Waals surface area contributed by atoms with Gasteiger partial charge in [-0.3, -0.25) is 0 Å². The van der Waals surface area contributed by atoms with Gasteiger partial charge in [0.25, 0.3) is 0 Å². The van der Waals surface area contributed by atoms with Gasteiger partial charge in [-0.2, -0.15) is 0 Å². The quantitative estimate of drug-likeness (QED) is 0.818. The van der Waals surface area contributed by atoms with Crippen molar-refractivity contribution in [2.24, 2.45) is 5.41 Å². The van der Waals surface area contributed by atoms with Crippen LogP contribution in [0.15, 0.2) is 18.2 Å². The summed E-state index contributed by atoms with van der Waals surface area (Å²) >= 11 is 0. The first-order valence-electron chi connectivity index (χ1n) is 5.85. The first-order chi connectivity index (χ1) is 7.42. The van der Waals surface area contributed by atoms with Crippen molar-refractivity contribution >= 4 is 0 Å². The van der Waals surface area contributed by atoms with E-state index < -0.39 is 0 Å². The van der Waals surface area contributed by atoms with Crippen LogP contribution in [0.1, 0.15) is 44.4 Å². The first-order valence-corrected chi connectivity index (χ1v) is 5.85. The van der Waals surface area contributed by atoms with Gasteiger partial charge in [0, 0.05) is 11.6 Å². The van der Waals surface area contributed by atoms with E-state index in [4.69, 9.17) is 0 Å². The summed E-state index contributed by atoms with van der Waals surface area (Å²) < 4.78 is 13.8. The molecular formula is C14H22FN. The molecule has 1 nitrogen and oxygen atoms in total. The van der Waals surface area contributed by atoms with E-state index in [9.17, 15) is 4.39 Å². The number of hydrogen-bond acceptors (Lipinski definition) is 1. The fraction of sp³-hybridized carbons (Fsp3) is 0.571. The van der Waals surface area contributed by atoms with E-state index in [0.717, 1.165) is 17.5 Å². The van der Waals surface area contributed by atoms with Crippen LogP contribution in [0.25, 0.3) is 0 Å². The van der Waals surface area contributed by atoms with Gasteiger partial charge in [-0.25, -0.2) is 4.39 Å². The zero-order chi connectivity index (χ0) is 12.3. The van der Waals surface area contributed by atoms with Crippen molar-refractivity contribution in [3.8, 4) is 0 Å². The van der Waals surface area contributed by atoms with Crippen molar-refractivity contribution < 1.29 is 4.39 Å². The van der Waals surface area contributed by atoms with Crippen molar-refractivity contribution in [2.45, 2.75) is 40.2 Å². The van der Waals surface area contributed by atoms with E-state index in [1.807, 2.05) is 26.1 Å². The molecule has 0 aliphatic heterocycles. The Labute approximate surface area is 98.1 Å². The molecule has 0 saturated carbocycles. The molecule has 1 aromatic rings. The fourth-order valence-corrected chi connectivity index (χ4v) is 2.06. The second kappa shape index (κ2) is 4.96. The number of halogens is 1. The molecule has 0 fully saturated rings. The smallest absolute Gasteiger partial charge is 0.128 e. The van der Waals surface area contributed by atoms with Gasteiger partial charge >= 0.3 is 0 Å². The molecule has 0 heterocycles. The normalized spacial score (nSPS) is 13.9. The Morgan fingerprint density at radius 2 is 2.00 bits per heavy atom. The summed E-state index contributed by atoms with van der Waals surface area (Å²) in [5.41, 5.74) is 1.92. The second-order valence-corrected chi connectivity index (χ2v) is 5.09. The Morgan fingerprint density at radius 1 is 1.38 bits per heavy atom. The number of aryl methyl sites for hydroxylation is 1. The van der Waals surface area contributed by atoms with Crippen LogP contribution < -0.4 is 5.32 Å². The average molecular weight is 223 g/mol. The van der Waals surface area contributed by atoms with Crippen molar-refractivity contribution in [3.63, 3.8) is 0 Å². The minimum atomic E-state index is -0.119. The molecule has 0 aliphatic carbocycles. The highest BCUT2D eigenvalue weighted by Crippen LogP contribution is 2.37. The van der Waals surface area contributed by atoms with Gasteiger partial charge in [-0.15, -0.1) is 0 Å². The summed E-state index contributed by atoms with van der Waals surface area (Å²) in [6.07, 6.45) is 1.01. The fourth-order valence-electron chi connectivity index (χ4n) is 2.06.